The third-order valence-corrected chi connectivity index (χ3v) is 2.94. The molecular formula is C16H25NO3. The maximum atomic E-state index is 11.4. The molecule has 0 aliphatic rings. The summed E-state index contributed by atoms with van der Waals surface area (Å²) in [5.41, 5.74) is 2.03. The minimum absolute atomic E-state index is 0.277. The Labute approximate surface area is 121 Å². The van der Waals surface area contributed by atoms with Gasteiger partial charge in [0.15, 0.2) is 0 Å². The fourth-order valence-corrected chi connectivity index (χ4v) is 1.82. The van der Waals surface area contributed by atoms with Crippen molar-refractivity contribution >= 4 is 6.09 Å². The zero-order valence-electron chi connectivity index (χ0n) is 12.8. The van der Waals surface area contributed by atoms with Gasteiger partial charge < -0.3 is 15.2 Å². The number of hydrogen-bond donors (Lipinski definition) is 2. The molecule has 1 aromatic carbocycles. The van der Waals surface area contributed by atoms with E-state index in [1.54, 1.807) is 6.07 Å². The molecule has 20 heavy (non-hydrogen) atoms. The van der Waals surface area contributed by atoms with Crippen molar-refractivity contribution in [2.45, 2.75) is 40.0 Å². The molecule has 0 fully saturated rings. The van der Waals surface area contributed by atoms with Gasteiger partial charge in [-0.25, -0.2) is 4.79 Å². The molecule has 0 aliphatic heterocycles. The first-order chi connectivity index (χ1) is 9.40. The summed E-state index contributed by atoms with van der Waals surface area (Å²) in [4.78, 5) is 11.4. The molecule has 1 rings (SSSR count). The number of aromatic hydroxyl groups is 1. The standard InChI is InChI=1S/C16H25NO3/c1-11(2)10-20-16(19)17-8-7-13-5-6-15(18)14(9-13)12(3)4/h5-6,9,11-12,18H,7-8,10H2,1-4H3,(H,17,19). The molecule has 0 spiro atoms. The second-order valence-electron chi connectivity index (χ2n) is 5.72. The van der Waals surface area contributed by atoms with Gasteiger partial charge in [-0.2, -0.15) is 0 Å². The lowest BCUT2D eigenvalue weighted by Gasteiger charge is -2.11. The third kappa shape index (κ3) is 5.51. The van der Waals surface area contributed by atoms with Crippen molar-refractivity contribution < 1.29 is 14.6 Å². The zero-order chi connectivity index (χ0) is 15.1. The van der Waals surface area contributed by atoms with Crippen LogP contribution in [-0.4, -0.2) is 24.4 Å². The summed E-state index contributed by atoms with van der Waals surface area (Å²) in [5.74, 6) is 0.943. The summed E-state index contributed by atoms with van der Waals surface area (Å²) in [7, 11) is 0. The summed E-state index contributed by atoms with van der Waals surface area (Å²) >= 11 is 0. The molecule has 0 heterocycles. The predicted molar refractivity (Wildman–Crippen MR) is 80.1 cm³/mol. The first kappa shape index (κ1) is 16.3. The highest BCUT2D eigenvalue weighted by Gasteiger charge is 2.07. The second-order valence-corrected chi connectivity index (χ2v) is 5.72. The topological polar surface area (TPSA) is 58.6 Å². The van der Waals surface area contributed by atoms with E-state index < -0.39 is 0 Å². The quantitative estimate of drug-likeness (QED) is 0.838. The lowest BCUT2D eigenvalue weighted by molar-refractivity contribution is 0.133. The number of ether oxygens (including phenoxy) is 1. The largest absolute Gasteiger partial charge is 0.508 e. The maximum absolute atomic E-state index is 11.4. The summed E-state index contributed by atoms with van der Waals surface area (Å²) in [6.07, 6.45) is 0.345. The molecule has 0 aliphatic carbocycles. The van der Waals surface area contributed by atoms with Crippen molar-refractivity contribution in [1.29, 1.82) is 0 Å². The van der Waals surface area contributed by atoms with E-state index in [0.29, 0.717) is 24.8 Å². The van der Waals surface area contributed by atoms with Crippen LogP contribution in [0.5, 0.6) is 5.75 Å². The Bertz CT molecular complexity index is 441. The van der Waals surface area contributed by atoms with Gasteiger partial charge >= 0.3 is 6.09 Å². The minimum atomic E-state index is -0.374. The van der Waals surface area contributed by atoms with Gasteiger partial charge in [0.1, 0.15) is 5.75 Å². The number of phenolic OH excluding ortho intramolecular Hbond substituents is 1. The molecule has 1 aromatic rings. The number of nitrogens with one attached hydrogen (secondary N) is 1. The highest BCUT2D eigenvalue weighted by Crippen LogP contribution is 2.26. The van der Waals surface area contributed by atoms with Gasteiger partial charge in [0.2, 0.25) is 0 Å². The van der Waals surface area contributed by atoms with Crippen LogP contribution in [0.1, 0.15) is 44.7 Å². The molecule has 0 saturated carbocycles. The molecule has 2 N–H and O–H groups in total. The van der Waals surface area contributed by atoms with Gasteiger partial charge in [-0.3, -0.25) is 0 Å². The van der Waals surface area contributed by atoms with Crippen molar-refractivity contribution in [3.63, 3.8) is 0 Å². The Hall–Kier alpha value is -1.71. The summed E-state index contributed by atoms with van der Waals surface area (Å²) in [5, 5.41) is 12.5. The van der Waals surface area contributed by atoms with E-state index in [4.69, 9.17) is 4.74 Å². The minimum Gasteiger partial charge on any atom is -0.508 e. The van der Waals surface area contributed by atoms with Gasteiger partial charge in [-0.1, -0.05) is 39.8 Å². The molecule has 112 valence electrons. The Morgan fingerprint density at radius 2 is 2.00 bits per heavy atom. The number of amides is 1. The molecule has 0 saturated heterocycles. The van der Waals surface area contributed by atoms with Crippen molar-refractivity contribution in [2.24, 2.45) is 5.92 Å². The van der Waals surface area contributed by atoms with Crippen molar-refractivity contribution in [2.75, 3.05) is 13.2 Å². The Morgan fingerprint density at radius 1 is 1.30 bits per heavy atom. The lowest BCUT2D eigenvalue weighted by Crippen LogP contribution is -2.27. The average molecular weight is 279 g/mol. The highest BCUT2D eigenvalue weighted by molar-refractivity contribution is 5.67. The SMILES string of the molecule is CC(C)COC(=O)NCCc1ccc(O)c(C(C)C)c1. The molecule has 0 aromatic heterocycles. The number of benzene rings is 1. The second kappa shape index (κ2) is 7.78. The zero-order valence-corrected chi connectivity index (χ0v) is 12.8. The van der Waals surface area contributed by atoms with E-state index in [1.165, 1.54) is 0 Å². The van der Waals surface area contributed by atoms with Crippen LogP contribution >= 0.6 is 0 Å². The fraction of sp³-hybridized carbons (Fsp3) is 0.562. The van der Waals surface area contributed by atoms with Gasteiger partial charge in [-0.15, -0.1) is 0 Å². The van der Waals surface area contributed by atoms with Crippen LogP contribution in [-0.2, 0) is 11.2 Å². The first-order valence-corrected chi connectivity index (χ1v) is 7.12. The first-order valence-electron chi connectivity index (χ1n) is 7.12. The average Bonchev–Trinajstić information content (AvgIpc) is 2.38. The van der Waals surface area contributed by atoms with Gasteiger partial charge in [-0.05, 0) is 35.4 Å². The van der Waals surface area contributed by atoms with Crippen LogP contribution in [0.3, 0.4) is 0 Å². The molecule has 0 radical (unpaired) electrons. The van der Waals surface area contributed by atoms with E-state index in [9.17, 15) is 9.90 Å². The lowest BCUT2D eigenvalue weighted by atomic mass is 9.98. The van der Waals surface area contributed by atoms with Gasteiger partial charge in [0.05, 0.1) is 6.61 Å². The van der Waals surface area contributed by atoms with E-state index in [2.05, 4.69) is 5.32 Å². The molecule has 4 nitrogen and oxygen atoms in total. The summed E-state index contributed by atoms with van der Waals surface area (Å²) < 4.78 is 5.03. The third-order valence-electron chi connectivity index (χ3n) is 2.94. The Kier molecular flexibility index (Phi) is 6.36. The fourth-order valence-electron chi connectivity index (χ4n) is 1.82. The molecule has 0 atom stereocenters. The molecular weight excluding hydrogens is 254 g/mol. The Balaban J connectivity index is 2.42. The molecule has 0 bridgehead atoms. The number of alkyl carbamates (subject to hydrolysis) is 1. The molecule has 4 heteroatoms. The van der Waals surface area contributed by atoms with Crippen molar-refractivity contribution in [1.82, 2.24) is 5.32 Å². The van der Waals surface area contributed by atoms with Crippen molar-refractivity contribution in [3.05, 3.63) is 29.3 Å². The van der Waals surface area contributed by atoms with Crippen LogP contribution in [0, 0.1) is 5.92 Å². The van der Waals surface area contributed by atoms with E-state index in [0.717, 1.165) is 17.5 Å². The van der Waals surface area contributed by atoms with Crippen LogP contribution in [0.2, 0.25) is 0 Å². The Morgan fingerprint density at radius 3 is 2.60 bits per heavy atom. The van der Waals surface area contributed by atoms with E-state index in [-0.39, 0.29) is 12.0 Å². The van der Waals surface area contributed by atoms with Crippen LogP contribution in [0.25, 0.3) is 0 Å². The monoisotopic (exact) mass is 279 g/mol. The maximum Gasteiger partial charge on any atom is 0.407 e. The number of hydrogen-bond acceptors (Lipinski definition) is 3. The smallest absolute Gasteiger partial charge is 0.407 e. The van der Waals surface area contributed by atoms with Crippen molar-refractivity contribution in [3.8, 4) is 5.75 Å². The van der Waals surface area contributed by atoms with Crippen LogP contribution < -0.4 is 5.32 Å². The highest BCUT2D eigenvalue weighted by atomic mass is 16.5. The van der Waals surface area contributed by atoms with Crippen LogP contribution in [0.15, 0.2) is 18.2 Å². The summed E-state index contributed by atoms with van der Waals surface area (Å²) in [6.45, 7) is 9.04. The van der Waals surface area contributed by atoms with E-state index in [1.807, 2.05) is 39.8 Å². The van der Waals surface area contributed by atoms with Gasteiger partial charge in [0.25, 0.3) is 0 Å². The number of rotatable bonds is 6. The molecule has 0 unspecified atom stereocenters. The molecule has 1 amide bonds. The number of carbonyl (C=O) groups is 1. The number of phenols is 1. The summed E-state index contributed by atoms with van der Waals surface area (Å²) in [6, 6.07) is 5.57. The number of carbonyl (C=O) groups excluding carboxylic acids is 1. The van der Waals surface area contributed by atoms with E-state index >= 15 is 0 Å². The van der Waals surface area contributed by atoms with Gasteiger partial charge in [0, 0.05) is 6.54 Å². The predicted octanol–water partition coefficient (Wildman–Crippen LogP) is 3.44. The normalized spacial score (nSPS) is 10.9. The van der Waals surface area contributed by atoms with Crippen LogP contribution in [0.4, 0.5) is 4.79 Å².